The standard InChI is InChI=1S/C23H29FN4O/c1-19-4-2-3-5-22(19)27-12-10-25(11-13-27)18-23(29)28-16-14-26(15-17-28)21-8-6-20(24)7-9-21/h2-9H,10-18H2,1H3. The lowest BCUT2D eigenvalue weighted by Gasteiger charge is -2.39. The lowest BCUT2D eigenvalue weighted by molar-refractivity contribution is -0.132. The third kappa shape index (κ3) is 4.70. The molecule has 2 heterocycles. The van der Waals surface area contributed by atoms with Crippen LogP contribution in [0.1, 0.15) is 5.56 Å². The summed E-state index contributed by atoms with van der Waals surface area (Å²) in [7, 11) is 0. The average Bonchev–Trinajstić information content (AvgIpc) is 2.75. The summed E-state index contributed by atoms with van der Waals surface area (Å²) in [5.41, 5.74) is 3.62. The molecule has 154 valence electrons. The molecular formula is C23H29FN4O. The van der Waals surface area contributed by atoms with Crippen LogP contribution in [0, 0.1) is 12.7 Å². The van der Waals surface area contributed by atoms with Crippen LogP contribution in [0.25, 0.3) is 0 Å². The number of anilines is 2. The van der Waals surface area contributed by atoms with Gasteiger partial charge in [0.15, 0.2) is 0 Å². The molecule has 2 saturated heterocycles. The highest BCUT2D eigenvalue weighted by atomic mass is 19.1. The Morgan fingerprint density at radius 1 is 0.828 bits per heavy atom. The fourth-order valence-electron chi connectivity index (χ4n) is 4.22. The number of hydrogen-bond acceptors (Lipinski definition) is 4. The molecule has 0 aliphatic carbocycles. The van der Waals surface area contributed by atoms with Crippen LogP contribution in [0.3, 0.4) is 0 Å². The van der Waals surface area contributed by atoms with E-state index in [-0.39, 0.29) is 11.7 Å². The number of aryl methyl sites for hydroxylation is 1. The number of piperazine rings is 2. The minimum absolute atomic E-state index is 0.216. The van der Waals surface area contributed by atoms with Crippen LogP contribution in [0.4, 0.5) is 15.8 Å². The second kappa shape index (κ2) is 8.82. The lowest BCUT2D eigenvalue weighted by Crippen LogP contribution is -2.54. The summed E-state index contributed by atoms with van der Waals surface area (Å²) < 4.78 is 13.1. The van der Waals surface area contributed by atoms with Crippen molar-refractivity contribution in [2.45, 2.75) is 6.92 Å². The molecule has 2 aromatic carbocycles. The van der Waals surface area contributed by atoms with Crippen molar-refractivity contribution >= 4 is 17.3 Å². The third-order valence-electron chi connectivity index (χ3n) is 6.01. The maximum atomic E-state index is 13.1. The van der Waals surface area contributed by atoms with Crippen LogP contribution < -0.4 is 9.80 Å². The van der Waals surface area contributed by atoms with Crippen LogP contribution in [-0.2, 0) is 4.79 Å². The van der Waals surface area contributed by atoms with Crippen molar-refractivity contribution in [3.63, 3.8) is 0 Å². The zero-order valence-corrected chi connectivity index (χ0v) is 17.1. The van der Waals surface area contributed by atoms with E-state index in [0.717, 1.165) is 58.0 Å². The van der Waals surface area contributed by atoms with Gasteiger partial charge < -0.3 is 14.7 Å². The van der Waals surface area contributed by atoms with Crippen LogP contribution in [0.2, 0.25) is 0 Å². The van der Waals surface area contributed by atoms with Gasteiger partial charge in [0.2, 0.25) is 5.91 Å². The fraction of sp³-hybridized carbons (Fsp3) is 0.435. The molecule has 0 atom stereocenters. The second-order valence-corrected chi connectivity index (χ2v) is 7.89. The quantitative estimate of drug-likeness (QED) is 0.795. The van der Waals surface area contributed by atoms with E-state index in [0.29, 0.717) is 6.54 Å². The Morgan fingerprint density at radius 3 is 2.10 bits per heavy atom. The summed E-state index contributed by atoms with van der Waals surface area (Å²) in [6.45, 7) is 9.41. The number of halogens is 1. The van der Waals surface area contributed by atoms with E-state index in [9.17, 15) is 9.18 Å². The highest BCUT2D eigenvalue weighted by molar-refractivity contribution is 5.78. The lowest BCUT2D eigenvalue weighted by atomic mass is 10.1. The van der Waals surface area contributed by atoms with E-state index in [1.54, 1.807) is 12.1 Å². The van der Waals surface area contributed by atoms with Crippen molar-refractivity contribution in [3.05, 3.63) is 59.9 Å². The monoisotopic (exact) mass is 396 g/mol. The van der Waals surface area contributed by atoms with Crippen LogP contribution >= 0.6 is 0 Å². The largest absolute Gasteiger partial charge is 0.369 e. The topological polar surface area (TPSA) is 30.0 Å². The molecule has 0 radical (unpaired) electrons. The Balaban J connectivity index is 1.23. The molecule has 2 aliphatic heterocycles. The molecule has 1 amide bonds. The van der Waals surface area contributed by atoms with E-state index < -0.39 is 0 Å². The van der Waals surface area contributed by atoms with Gasteiger partial charge in [0.1, 0.15) is 5.82 Å². The SMILES string of the molecule is Cc1ccccc1N1CCN(CC(=O)N2CCN(c3ccc(F)cc3)CC2)CC1. The number of hydrogen-bond donors (Lipinski definition) is 0. The van der Waals surface area contributed by atoms with E-state index in [1.807, 2.05) is 4.90 Å². The van der Waals surface area contributed by atoms with Gasteiger partial charge in [-0.1, -0.05) is 18.2 Å². The van der Waals surface area contributed by atoms with E-state index in [4.69, 9.17) is 0 Å². The molecule has 0 spiro atoms. The number of benzene rings is 2. The molecule has 4 rings (SSSR count). The normalized spacial score (nSPS) is 18.2. The van der Waals surface area contributed by atoms with Gasteiger partial charge in [0.25, 0.3) is 0 Å². The first-order valence-electron chi connectivity index (χ1n) is 10.4. The van der Waals surface area contributed by atoms with Crippen molar-refractivity contribution in [1.29, 1.82) is 0 Å². The van der Waals surface area contributed by atoms with Crippen LogP contribution in [0.5, 0.6) is 0 Å². The van der Waals surface area contributed by atoms with Gasteiger partial charge in [-0.2, -0.15) is 0 Å². The van der Waals surface area contributed by atoms with Crippen molar-refractivity contribution < 1.29 is 9.18 Å². The maximum Gasteiger partial charge on any atom is 0.236 e. The zero-order chi connectivity index (χ0) is 20.2. The summed E-state index contributed by atoms with van der Waals surface area (Å²) >= 11 is 0. The predicted molar refractivity (Wildman–Crippen MR) is 115 cm³/mol. The van der Waals surface area contributed by atoms with E-state index >= 15 is 0 Å². The van der Waals surface area contributed by atoms with Gasteiger partial charge in [-0.25, -0.2) is 4.39 Å². The highest BCUT2D eigenvalue weighted by Crippen LogP contribution is 2.21. The van der Waals surface area contributed by atoms with Crippen LogP contribution in [-0.4, -0.2) is 74.6 Å². The van der Waals surface area contributed by atoms with Gasteiger partial charge >= 0.3 is 0 Å². The molecule has 0 saturated carbocycles. The number of rotatable bonds is 4. The number of nitrogens with zero attached hydrogens (tertiary/aromatic N) is 4. The molecule has 29 heavy (non-hydrogen) atoms. The molecule has 2 aliphatic rings. The first-order valence-corrected chi connectivity index (χ1v) is 10.4. The first kappa shape index (κ1) is 19.7. The van der Waals surface area contributed by atoms with Gasteiger partial charge in [0.05, 0.1) is 6.54 Å². The van der Waals surface area contributed by atoms with Gasteiger partial charge in [-0.15, -0.1) is 0 Å². The molecule has 0 N–H and O–H groups in total. The molecular weight excluding hydrogens is 367 g/mol. The summed E-state index contributed by atoms with van der Waals surface area (Å²) in [5.74, 6) is -0.00168. The number of amides is 1. The molecule has 5 nitrogen and oxygen atoms in total. The Morgan fingerprint density at radius 2 is 1.45 bits per heavy atom. The Bertz CT molecular complexity index is 825. The van der Waals surface area contributed by atoms with Gasteiger partial charge in [0, 0.05) is 63.7 Å². The smallest absolute Gasteiger partial charge is 0.236 e. The predicted octanol–water partition coefficient (Wildman–Crippen LogP) is 2.60. The minimum atomic E-state index is -0.218. The molecule has 2 aromatic rings. The van der Waals surface area contributed by atoms with Crippen molar-refractivity contribution in [2.75, 3.05) is 68.7 Å². The zero-order valence-electron chi connectivity index (χ0n) is 17.1. The highest BCUT2D eigenvalue weighted by Gasteiger charge is 2.25. The number of carbonyl (C=O) groups is 1. The minimum Gasteiger partial charge on any atom is -0.369 e. The molecule has 6 heteroatoms. The van der Waals surface area contributed by atoms with E-state index in [1.165, 1.54) is 23.4 Å². The van der Waals surface area contributed by atoms with Crippen molar-refractivity contribution in [3.8, 4) is 0 Å². The first-order chi connectivity index (χ1) is 14.1. The Labute approximate surface area is 172 Å². The van der Waals surface area contributed by atoms with Gasteiger partial charge in [-0.05, 0) is 42.8 Å². The summed E-state index contributed by atoms with van der Waals surface area (Å²) in [5, 5.41) is 0. The fourth-order valence-corrected chi connectivity index (χ4v) is 4.22. The van der Waals surface area contributed by atoms with Gasteiger partial charge in [-0.3, -0.25) is 9.69 Å². The summed E-state index contributed by atoms with van der Waals surface area (Å²) in [6, 6.07) is 15.1. The maximum absolute atomic E-state index is 13.1. The molecule has 0 aromatic heterocycles. The van der Waals surface area contributed by atoms with E-state index in [2.05, 4.69) is 45.9 Å². The molecule has 0 unspecified atom stereocenters. The second-order valence-electron chi connectivity index (χ2n) is 7.89. The Hall–Kier alpha value is -2.60. The van der Waals surface area contributed by atoms with Crippen molar-refractivity contribution in [1.82, 2.24) is 9.80 Å². The summed E-state index contributed by atoms with van der Waals surface area (Å²) in [6.07, 6.45) is 0. The van der Waals surface area contributed by atoms with Crippen molar-refractivity contribution in [2.24, 2.45) is 0 Å². The molecule has 2 fully saturated rings. The Kier molecular flexibility index (Phi) is 6.00. The number of para-hydroxylation sites is 1. The summed E-state index contributed by atoms with van der Waals surface area (Å²) in [4.78, 5) is 21.6. The number of carbonyl (C=O) groups excluding carboxylic acids is 1. The van der Waals surface area contributed by atoms with Crippen LogP contribution in [0.15, 0.2) is 48.5 Å². The average molecular weight is 397 g/mol. The molecule has 0 bridgehead atoms. The third-order valence-corrected chi connectivity index (χ3v) is 6.01.